The Morgan fingerprint density at radius 2 is 1.67 bits per heavy atom. The Kier molecular flexibility index (Phi) is 7.11. The van der Waals surface area contributed by atoms with E-state index in [1.165, 1.54) is 16.7 Å². The fourth-order valence-electron chi connectivity index (χ4n) is 3.09. The molecule has 0 aliphatic carbocycles. The Morgan fingerprint density at radius 3 is 2.27 bits per heavy atom. The van der Waals surface area contributed by atoms with Gasteiger partial charge in [0.25, 0.3) is 11.8 Å². The number of carbonyl (C=O) groups excluding carboxylic acids is 3. The molecule has 30 heavy (non-hydrogen) atoms. The summed E-state index contributed by atoms with van der Waals surface area (Å²) in [5.41, 5.74) is 1.96. The first-order valence-corrected chi connectivity index (χ1v) is 10.9. The third kappa shape index (κ3) is 4.65. The van der Waals surface area contributed by atoms with E-state index in [0.29, 0.717) is 28.3 Å². The normalized spacial score (nSPS) is 14.1. The van der Waals surface area contributed by atoms with E-state index >= 15 is 0 Å². The van der Waals surface area contributed by atoms with Gasteiger partial charge in [-0.3, -0.25) is 9.59 Å². The lowest BCUT2D eigenvalue weighted by Crippen LogP contribution is -2.31. The standard InChI is InChI=1S/C24H25NO4S/c1-4-5-15-29-24(28)18-11-13-19(14-12-18)25-22(26)20(17-9-7-6-8-10-17)21(23(25)27)30-16(2)3/h6-14,16H,4-5,15H2,1-3H3. The molecule has 5 nitrogen and oxygen atoms in total. The van der Waals surface area contributed by atoms with E-state index < -0.39 is 5.97 Å². The van der Waals surface area contributed by atoms with E-state index in [9.17, 15) is 14.4 Å². The predicted molar refractivity (Wildman–Crippen MR) is 120 cm³/mol. The van der Waals surface area contributed by atoms with Crippen LogP contribution in [0.5, 0.6) is 0 Å². The highest BCUT2D eigenvalue weighted by Crippen LogP contribution is 2.39. The van der Waals surface area contributed by atoms with Crippen LogP contribution in [0.1, 0.15) is 49.5 Å². The highest BCUT2D eigenvalue weighted by atomic mass is 32.2. The van der Waals surface area contributed by atoms with Crippen molar-refractivity contribution >= 4 is 40.8 Å². The summed E-state index contributed by atoms with van der Waals surface area (Å²) in [5, 5.41) is 0.149. The van der Waals surface area contributed by atoms with E-state index in [2.05, 4.69) is 0 Å². The van der Waals surface area contributed by atoms with Crippen LogP contribution < -0.4 is 4.90 Å². The maximum absolute atomic E-state index is 13.2. The molecule has 0 fully saturated rings. The van der Waals surface area contributed by atoms with Crippen LogP contribution in [0.2, 0.25) is 0 Å². The molecule has 0 unspecified atom stereocenters. The van der Waals surface area contributed by atoms with Gasteiger partial charge in [0.2, 0.25) is 0 Å². The Hall–Kier alpha value is -2.86. The van der Waals surface area contributed by atoms with Gasteiger partial charge in [-0.15, -0.1) is 11.8 Å². The zero-order valence-corrected chi connectivity index (χ0v) is 18.2. The summed E-state index contributed by atoms with van der Waals surface area (Å²) in [6, 6.07) is 15.6. The summed E-state index contributed by atoms with van der Waals surface area (Å²) in [6.07, 6.45) is 1.75. The van der Waals surface area contributed by atoms with Crippen molar-refractivity contribution in [3.63, 3.8) is 0 Å². The molecule has 1 heterocycles. The molecule has 1 aliphatic heterocycles. The molecular weight excluding hydrogens is 398 g/mol. The van der Waals surface area contributed by atoms with Gasteiger partial charge in [-0.05, 0) is 36.2 Å². The number of nitrogens with zero attached hydrogens (tertiary/aromatic N) is 1. The first kappa shape index (κ1) is 21.8. The molecule has 2 aromatic carbocycles. The second kappa shape index (κ2) is 9.76. The lowest BCUT2D eigenvalue weighted by molar-refractivity contribution is -0.119. The maximum Gasteiger partial charge on any atom is 0.338 e. The Balaban J connectivity index is 1.88. The Labute approximate surface area is 181 Å². The number of rotatable bonds is 8. The molecule has 0 aromatic heterocycles. The van der Waals surface area contributed by atoms with E-state index in [-0.39, 0.29) is 17.1 Å². The van der Waals surface area contributed by atoms with E-state index in [0.717, 1.165) is 18.4 Å². The molecule has 0 atom stereocenters. The molecule has 0 spiro atoms. The van der Waals surface area contributed by atoms with Crippen LogP contribution in [0.3, 0.4) is 0 Å². The highest BCUT2D eigenvalue weighted by molar-refractivity contribution is 8.04. The first-order chi connectivity index (χ1) is 14.4. The second-order valence-electron chi connectivity index (χ2n) is 7.22. The van der Waals surface area contributed by atoms with Crippen LogP contribution in [-0.4, -0.2) is 29.6 Å². The smallest absolute Gasteiger partial charge is 0.338 e. The van der Waals surface area contributed by atoms with Gasteiger partial charge in [-0.2, -0.15) is 0 Å². The molecule has 156 valence electrons. The summed E-state index contributed by atoms with van der Waals surface area (Å²) < 4.78 is 5.21. The van der Waals surface area contributed by atoms with Crippen LogP contribution in [0.15, 0.2) is 59.5 Å². The molecule has 1 aliphatic rings. The number of imide groups is 1. The number of ether oxygens (including phenoxy) is 1. The second-order valence-corrected chi connectivity index (χ2v) is 8.81. The van der Waals surface area contributed by atoms with Gasteiger partial charge in [-0.25, -0.2) is 9.69 Å². The van der Waals surface area contributed by atoms with Crippen LogP contribution in [0, 0.1) is 0 Å². The quantitative estimate of drug-likeness (QED) is 0.337. The third-order valence-corrected chi connectivity index (χ3v) is 5.64. The van der Waals surface area contributed by atoms with E-state index in [4.69, 9.17) is 4.74 Å². The summed E-state index contributed by atoms with van der Waals surface area (Å²) in [6.45, 7) is 6.37. The van der Waals surface area contributed by atoms with Crippen LogP contribution >= 0.6 is 11.8 Å². The van der Waals surface area contributed by atoms with Crippen molar-refractivity contribution in [2.45, 2.75) is 38.9 Å². The summed E-state index contributed by atoms with van der Waals surface area (Å²) in [7, 11) is 0. The molecule has 0 radical (unpaired) electrons. The molecule has 0 saturated carbocycles. The van der Waals surface area contributed by atoms with Gasteiger partial charge >= 0.3 is 5.97 Å². The average Bonchev–Trinajstić information content (AvgIpc) is 2.98. The number of amides is 2. The first-order valence-electron chi connectivity index (χ1n) is 10.1. The van der Waals surface area contributed by atoms with Crippen molar-refractivity contribution in [2.24, 2.45) is 0 Å². The van der Waals surface area contributed by atoms with Gasteiger partial charge < -0.3 is 4.74 Å². The molecule has 0 N–H and O–H groups in total. The third-order valence-electron chi connectivity index (χ3n) is 4.55. The van der Waals surface area contributed by atoms with Gasteiger partial charge in [-0.1, -0.05) is 57.5 Å². The summed E-state index contributed by atoms with van der Waals surface area (Å²) in [4.78, 5) is 40.1. The van der Waals surface area contributed by atoms with Gasteiger partial charge in [0.1, 0.15) is 0 Å². The van der Waals surface area contributed by atoms with Crippen molar-refractivity contribution in [3.05, 3.63) is 70.6 Å². The number of hydrogen-bond acceptors (Lipinski definition) is 5. The molecule has 0 bridgehead atoms. The van der Waals surface area contributed by atoms with E-state index in [1.54, 1.807) is 24.3 Å². The zero-order chi connectivity index (χ0) is 21.7. The molecule has 2 aromatic rings. The molecule has 6 heteroatoms. The predicted octanol–water partition coefficient (Wildman–Crippen LogP) is 5.07. The Morgan fingerprint density at radius 1 is 1.00 bits per heavy atom. The number of benzene rings is 2. The van der Waals surface area contributed by atoms with Gasteiger partial charge in [0.05, 0.1) is 28.3 Å². The minimum absolute atomic E-state index is 0.149. The minimum atomic E-state index is -0.409. The number of carbonyl (C=O) groups is 3. The van der Waals surface area contributed by atoms with Crippen LogP contribution in [0.4, 0.5) is 5.69 Å². The number of esters is 1. The molecule has 0 saturated heterocycles. The maximum atomic E-state index is 13.2. The number of thioether (sulfide) groups is 1. The highest BCUT2D eigenvalue weighted by Gasteiger charge is 2.40. The SMILES string of the molecule is CCCCOC(=O)c1ccc(N2C(=O)C(SC(C)C)=C(c3ccccc3)C2=O)cc1. The van der Waals surface area contributed by atoms with E-state index in [1.807, 2.05) is 51.1 Å². The fraction of sp³-hybridized carbons (Fsp3) is 0.292. The topological polar surface area (TPSA) is 63.7 Å². The monoisotopic (exact) mass is 423 g/mol. The lowest BCUT2D eigenvalue weighted by atomic mass is 10.1. The zero-order valence-electron chi connectivity index (χ0n) is 17.4. The Bertz CT molecular complexity index is 964. The minimum Gasteiger partial charge on any atom is -0.462 e. The molecule has 3 rings (SSSR count). The largest absolute Gasteiger partial charge is 0.462 e. The molecular formula is C24H25NO4S. The lowest BCUT2D eigenvalue weighted by Gasteiger charge is -2.16. The summed E-state index contributed by atoms with van der Waals surface area (Å²) >= 11 is 1.39. The molecule has 2 amide bonds. The number of hydrogen-bond donors (Lipinski definition) is 0. The van der Waals surface area contributed by atoms with Crippen molar-refractivity contribution in [1.82, 2.24) is 0 Å². The number of unbranched alkanes of at least 4 members (excludes halogenated alkanes) is 1. The van der Waals surface area contributed by atoms with Crippen molar-refractivity contribution < 1.29 is 19.1 Å². The van der Waals surface area contributed by atoms with Crippen molar-refractivity contribution in [1.29, 1.82) is 0 Å². The van der Waals surface area contributed by atoms with Crippen molar-refractivity contribution in [3.8, 4) is 0 Å². The average molecular weight is 424 g/mol. The van der Waals surface area contributed by atoms with Crippen molar-refractivity contribution in [2.75, 3.05) is 11.5 Å². The van der Waals surface area contributed by atoms with Gasteiger partial charge in [0, 0.05) is 5.25 Å². The van der Waals surface area contributed by atoms with Crippen LogP contribution in [-0.2, 0) is 14.3 Å². The van der Waals surface area contributed by atoms with Gasteiger partial charge in [0.15, 0.2) is 0 Å². The number of anilines is 1. The van der Waals surface area contributed by atoms with Crippen LogP contribution in [0.25, 0.3) is 5.57 Å². The summed E-state index contributed by atoms with van der Waals surface area (Å²) in [5.74, 6) is -1.10. The fourth-order valence-corrected chi connectivity index (χ4v) is 4.07.